The third-order valence-electron chi connectivity index (χ3n) is 3.97. The SMILES string of the molecule is O=C(O)CN1CCC2(CC1)OCCc1sccc12. The van der Waals surface area contributed by atoms with E-state index in [1.54, 1.807) is 0 Å². The largest absolute Gasteiger partial charge is 0.480 e. The molecule has 1 spiro atoms. The molecule has 0 radical (unpaired) electrons. The van der Waals surface area contributed by atoms with E-state index in [0.29, 0.717) is 0 Å². The van der Waals surface area contributed by atoms with Gasteiger partial charge in [0.2, 0.25) is 0 Å². The van der Waals surface area contributed by atoms with E-state index < -0.39 is 5.97 Å². The van der Waals surface area contributed by atoms with Gasteiger partial charge in [0.1, 0.15) is 0 Å². The molecule has 1 fully saturated rings. The van der Waals surface area contributed by atoms with E-state index in [0.717, 1.165) is 39.0 Å². The minimum absolute atomic E-state index is 0.136. The van der Waals surface area contributed by atoms with Crippen molar-refractivity contribution >= 4 is 17.3 Å². The molecule has 0 aliphatic carbocycles. The molecule has 0 aromatic carbocycles. The molecule has 3 rings (SSSR count). The van der Waals surface area contributed by atoms with E-state index >= 15 is 0 Å². The summed E-state index contributed by atoms with van der Waals surface area (Å²) >= 11 is 1.82. The summed E-state index contributed by atoms with van der Waals surface area (Å²) < 4.78 is 6.08. The zero-order valence-electron chi connectivity index (χ0n) is 10.2. The lowest BCUT2D eigenvalue weighted by atomic mass is 9.82. The van der Waals surface area contributed by atoms with Gasteiger partial charge in [-0.2, -0.15) is 0 Å². The first kappa shape index (κ1) is 12.1. The number of carbonyl (C=O) groups is 1. The number of carboxylic acids is 1. The van der Waals surface area contributed by atoms with Gasteiger partial charge < -0.3 is 9.84 Å². The van der Waals surface area contributed by atoms with Crippen LogP contribution in [0.3, 0.4) is 0 Å². The zero-order chi connectivity index (χ0) is 12.6. The quantitative estimate of drug-likeness (QED) is 0.886. The summed E-state index contributed by atoms with van der Waals surface area (Å²) in [7, 11) is 0. The number of thiophene rings is 1. The van der Waals surface area contributed by atoms with E-state index in [2.05, 4.69) is 11.4 Å². The van der Waals surface area contributed by atoms with Crippen LogP contribution in [0, 0.1) is 0 Å². The maximum atomic E-state index is 10.7. The topological polar surface area (TPSA) is 49.8 Å². The van der Waals surface area contributed by atoms with Crippen molar-refractivity contribution in [3.05, 3.63) is 21.9 Å². The van der Waals surface area contributed by atoms with Crippen LogP contribution in [0.2, 0.25) is 0 Å². The van der Waals surface area contributed by atoms with Crippen molar-refractivity contribution in [3.8, 4) is 0 Å². The van der Waals surface area contributed by atoms with Crippen molar-refractivity contribution in [2.75, 3.05) is 26.2 Å². The molecule has 0 unspecified atom stereocenters. The molecule has 5 heteroatoms. The average molecular weight is 267 g/mol. The van der Waals surface area contributed by atoms with Gasteiger partial charge in [0.25, 0.3) is 0 Å². The predicted molar refractivity (Wildman–Crippen MR) is 69.0 cm³/mol. The molecule has 2 aliphatic rings. The molecule has 1 N–H and O–H groups in total. The summed E-state index contributed by atoms with van der Waals surface area (Å²) in [6, 6.07) is 2.19. The summed E-state index contributed by atoms with van der Waals surface area (Å²) in [4.78, 5) is 14.2. The number of fused-ring (bicyclic) bond motifs is 2. The molecule has 0 amide bonds. The Morgan fingerprint density at radius 1 is 1.50 bits per heavy atom. The normalized spacial score (nSPS) is 22.9. The van der Waals surface area contributed by atoms with Gasteiger partial charge in [-0.15, -0.1) is 11.3 Å². The number of rotatable bonds is 2. The van der Waals surface area contributed by atoms with Gasteiger partial charge in [-0.1, -0.05) is 0 Å². The zero-order valence-corrected chi connectivity index (χ0v) is 11.0. The lowest BCUT2D eigenvalue weighted by Crippen LogP contribution is -2.47. The van der Waals surface area contributed by atoms with Gasteiger partial charge in [-0.3, -0.25) is 9.69 Å². The Morgan fingerprint density at radius 3 is 3.00 bits per heavy atom. The Balaban J connectivity index is 1.74. The Bertz CT molecular complexity index is 449. The fourth-order valence-corrected chi connectivity index (χ4v) is 3.98. The van der Waals surface area contributed by atoms with Crippen LogP contribution in [0.1, 0.15) is 23.3 Å². The number of hydrogen-bond acceptors (Lipinski definition) is 4. The smallest absolute Gasteiger partial charge is 0.317 e. The standard InChI is InChI=1S/C13H17NO3S/c15-12(16)9-14-5-3-13(4-6-14)10-2-8-18-11(10)1-7-17-13/h2,8H,1,3-7,9H2,(H,15,16). The van der Waals surface area contributed by atoms with Gasteiger partial charge in [-0.05, 0) is 29.9 Å². The minimum Gasteiger partial charge on any atom is -0.480 e. The van der Waals surface area contributed by atoms with Crippen LogP contribution in [0.5, 0.6) is 0 Å². The maximum Gasteiger partial charge on any atom is 0.317 e. The van der Waals surface area contributed by atoms with Crippen LogP contribution < -0.4 is 0 Å². The van der Waals surface area contributed by atoms with E-state index in [-0.39, 0.29) is 12.1 Å². The van der Waals surface area contributed by atoms with Crippen LogP contribution in [0.4, 0.5) is 0 Å². The second-order valence-corrected chi connectivity index (χ2v) is 6.02. The molecule has 0 bridgehead atoms. The summed E-state index contributed by atoms with van der Waals surface area (Å²) in [6.07, 6.45) is 2.83. The van der Waals surface area contributed by atoms with Crippen molar-refractivity contribution in [3.63, 3.8) is 0 Å². The molecule has 1 saturated heterocycles. The number of likely N-dealkylation sites (tertiary alicyclic amines) is 1. The molecule has 1 aromatic rings. The van der Waals surface area contributed by atoms with Crippen LogP contribution in [-0.4, -0.2) is 42.2 Å². The van der Waals surface area contributed by atoms with Crippen LogP contribution in [0.25, 0.3) is 0 Å². The number of carboxylic acid groups (broad SMARTS) is 1. The van der Waals surface area contributed by atoms with E-state index in [1.807, 2.05) is 16.2 Å². The summed E-state index contributed by atoms with van der Waals surface area (Å²) in [5.41, 5.74) is 1.22. The predicted octanol–water partition coefficient (Wildman–Crippen LogP) is 1.70. The minimum atomic E-state index is -0.744. The Morgan fingerprint density at radius 2 is 2.28 bits per heavy atom. The number of piperidine rings is 1. The monoisotopic (exact) mass is 267 g/mol. The Hall–Kier alpha value is -0.910. The highest BCUT2D eigenvalue weighted by Crippen LogP contribution is 2.43. The number of aliphatic carboxylic acids is 1. The van der Waals surface area contributed by atoms with Gasteiger partial charge in [0.15, 0.2) is 0 Å². The molecule has 1 aromatic heterocycles. The summed E-state index contributed by atoms with van der Waals surface area (Å²) in [5.74, 6) is -0.744. The van der Waals surface area contributed by atoms with Crippen molar-refractivity contribution in [1.29, 1.82) is 0 Å². The van der Waals surface area contributed by atoms with E-state index in [1.165, 1.54) is 10.4 Å². The molecule has 0 saturated carbocycles. The first-order valence-electron chi connectivity index (χ1n) is 6.35. The lowest BCUT2D eigenvalue weighted by Gasteiger charge is -2.43. The third kappa shape index (κ3) is 2.06. The van der Waals surface area contributed by atoms with E-state index in [9.17, 15) is 4.79 Å². The summed E-state index contributed by atoms with van der Waals surface area (Å²) in [5, 5.41) is 11.0. The van der Waals surface area contributed by atoms with Crippen molar-refractivity contribution in [2.45, 2.75) is 24.9 Å². The molecule has 18 heavy (non-hydrogen) atoms. The van der Waals surface area contributed by atoms with Gasteiger partial charge in [0.05, 0.1) is 18.8 Å². The second-order valence-electron chi connectivity index (χ2n) is 5.02. The molecule has 2 aliphatic heterocycles. The number of ether oxygens (including phenoxy) is 1. The van der Waals surface area contributed by atoms with E-state index in [4.69, 9.17) is 9.84 Å². The maximum absolute atomic E-state index is 10.7. The molecule has 0 atom stereocenters. The van der Waals surface area contributed by atoms with Crippen LogP contribution >= 0.6 is 11.3 Å². The lowest BCUT2D eigenvalue weighted by molar-refractivity contribution is -0.141. The molecule has 98 valence electrons. The van der Waals surface area contributed by atoms with Crippen LogP contribution in [0.15, 0.2) is 11.4 Å². The average Bonchev–Trinajstić information content (AvgIpc) is 2.82. The fraction of sp³-hybridized carbons (Fsp3) is 0.615. The highest BCUT2D eigenvalue weighted by molar-refractivity contribution is 7.10. The molecule has 4 nitrogen and oxygen atoms in total. The number of nitrogens with zero attached hydrogens (tertiary/aromatic N) is 1. The van der Waals surface area contributed by atoms with Gasteiger partial charge in [-0.25, -0.2) is 0 Å². The Labute approximate surface area is 110 Å². The van der Waals surface area contributed by atoms with Crippen molar-refractivity contribution in [1.82, 2.24) is 4.90 Å². The highest BCUT2D eigenvalue weighted by atomic mass is 32.1. The first-order valence-corrected chi connectivity index (χ1v) is 7.22. The first-order chi connectivity index (χ1) is 8.70. The Kier molecular flexibility index (Phi) is 3.13. The van der Waals surface area contributed by atoms with Gasteiger partial charge in [0, 0.05) is 24.4 Å². The molecular weight excluding hydrogens is 250 g/mol. The van der Waals surface area contributed by atoms with Crippen LogP contribution in [-0.2, 0) is 21.6 Å². The molecule has 3 heterocycles. The highest BCUT2D eigenvalue weighted by Gasteiger charge is 2.41. The number of hydrogen-bond donors (Lipinski definition) is 1. The summed E-state index contributed by atoms with van der Waals surface area (Å²) in [6.45, 7) is 2.56. The molecular formula is C13H17NO3S. The van der Waals surface area contributed by atoms with Crippen molar-refractivity contribution < 1.29 is 14.6 Å². The third-order valence-corrected chi connectivity index (χ3v) is 4.95. The fourth-order valence-electron chi connectivity index (χ4n) is 3.03. The van der Waals surface area contributed by atoms with Gasteiger partial charge >= 0.3 is 5.97 Å². The van der Waals surface area contributed by atoms with Crippen molar-refractivity contribution in [2.24, 2.45) is 0 Å². The second kappa shape index (κ2) is 4.64.